The number of amides is 3. The number of imide groups is 1. The molecule has 29 heavy (non-hydrogen) atoms. The second-order valence-corrected chi connectivity index (χ2v) is 8.88. The van der Waals surface area contributed by atoms with E-state index < -0.39 is 5.54 Å². The van der Waals surface area contributed by atoms with Gasteiger partial charge in [0.05, 0.1) is 0 Å². The molecule has 2 fully saturated rings. The van der Waals surface area contributed by atoms with Crippen LogP contribution in [0.15, 0.2) is 35.9 Å². The number of carbonyl (C=O) groups is 2. The van der Waals surface area contributed by atoms with Crippen molar-refractivity contribution in [3.8, 4) is 0 Å². The first-order valence-corrected chi connectivity index (χ1v) is 11.0. The second kappa shape index (κ2) is 9.12. The van der Waals surface area contributed by atoms with Crippen molar-refractivity contribution in [2.24, 2.45) is 5.92 Å². The highest BCUT2D eigenvalue weighted by molar-refractivity contribution is 6.07. The Morgan fingerprint density at radius 3 is 2.38 bits per heavy atom. The van der Waals surface area contributed by atoms with Gasteiger partial charge >= 0.3 is 6.03 Å². The van der Waals surface area contributed by atoms with Crippen molar-refractivity contribution < 1.29 is 9.59 Å². The van der Waals surface area contributed by atoms with Gasteiger partial charge < -0.3 is 4.90 Å². The lowest BCUT2D eigenvalue weighted by Gasteiger charge is -2.42. The Morgan fingerprint density at radius 2 is 1.79 bits per heavy atom. The molecule has 158 valence electrons. The van der Waals surface area contributed by atoms with E-state index in [4.69, 9.17) is 0 Å². The SMILES string of the molecule is CCN1C(=O)N(CCC(C)C)C2(CCN(CC(C)=Cc3ccccc3)CC2)C1=O. The van der Waals surface area contributed by atoms with Crippen molar-refractivity contribution in [3.05, 3.63) is 41.5 Å². The first-order valence-electron chi connectivity index (χ1n) is 11.0. The van der Waals surface area contributed by atoms with Crippen LogP contribution in [0.25, 0.3) is 6.08 Å². The van der Waals surface area contributed by atoms with Gasteiger partial charge in [-0.25, -0.2) is 4.79 Å². The van der Waals surface area contributed by atoms with E-state index in [9.17, 15) is 9.59 Å². The lowest BCUT2D eigenvalue weighted by molar-refractivity contribution is -0.135. The molecule has 0 saturated carbocycles. The van der Waals surface area contributed by atoms with Crippen LogP contribution >= 0.6 is 0 Å². The van der Waals surface area contributed by atoms with Crippen LogP contribution in [0.2, 0.25) is 0 Å². The average Bonchev–Trinajstić information content (AvgIpc) is 2.88. The number of nitrogens with zero attached hydrogens (tertiary/aromatic N) is 3. The van der Waals surface area contributed by atoms with Crippen molar-refractivity contribution in [1.82, 2.24) is 14.7 Å². The summed E-state index contributed by atoms with van der Waals surface area (Å²) in [5.74, 6) is 0.529. The topological polar surface area (TPSA) is 43.9 Å². The van der Waals surface area contributed by atoms with E-state index in [0.717, 1.165) is 38.9 Å². The number of piperidine rings is 1. The van der Waals surface area contributed by atoms with Gasteiger partial charge in [-0.2, -0.15) is 0 Å². The summed E-state index contributed by atoms with van der Waals surface area (Å²) in [5.41, 5.74) is 1.90. The molecule has 5 heteroatoms. The van der Waals surface area contributed by atoms with Crippen molar-refractivity contribution >= 4 is 18.0 Å². The normalized spacial score (nSPS) is 20.4. The lowest BCUT2D eigenvalue weighted by Crippen LogP contribution is -2.57. The van der Waals surface area contributed by atoms with Crippen LogP contribution in [0.4, 0.5) is 4.79 Å². The molecule has 2 aliphatic heterocycles. The molecule has 1 aromatic carbocycles. The van der Waals surface area contributed by atoms with Gasteiger partial charge in [0.2, 0.25) is 0 Å². The standard InChI is InChI=1S/C24H35N3O2/c1-5-26-22(28)24(27(23(26)29)14-11-19(2)3)12-15-25(16-13-24)18-20(4)17-21-9-7-6-8-10-21/h6-10,17,19H,5,11-16,18H2,1-4H3. The molecule has 2 heterocycles. The van der Waals surface area contributed by atoms with Crippen LogP contribution in [-0.2, 0) is 4.79 Å². The summed E-state index contributed by atoms with van der Waals surface area (Å²) >= 11 is 0. The summed E-state index contributed by atoms with van der Waals surface area (Å²) in [6.07, 6.45) is 4.61. The summed E-state index contributed by atoms with van der Waals surface area (Å²) in [4.78, 5) is 31.8. The van der Waals surface area contributed by atoms with E-state index in [0.29, 0.717) is 19.0 Å². The van der Waals surface area contributed by atoms with Gasteiger partial charge in [-0.1, -0.05) is 55.8 Å². The number of urea groups is 1. The lowest BCUT2D eigenvalue weighted by atomic mass is 9.85. The third-order valence-corrected chi connectivity index (χ3v) is 6.24. The van der Waals surface area contributed by atoms with Crippen LogP contribution in [0.3, 0.4) is 0 Å². The third-order valence-electron chi connectivity index (χ3n) is 6.24. The Morgan fingerprint density at radius 1 is 1.14 bits per heavy atom. The summed E-state index contributed by atoms with van der Waals surface area (Å²) in [6, 6.07) is 10.3. The Kier molecular flexibility index (Phi) is 6.78. The number of likely N-dealkylation sites (tertiary alicyclic amines) is 1. The minimum absolute atomic E-state index is 0.0185. The van der Waals surface area contributed by atoms with Gasteiger partial charge in [0.25, 0.3) is 5.91 Å². The molecule has 2 aliphatic rings. The van der Waals surface area contributed by atoms with Crippen LogP contribution in [0.1, 0.15) is 52.5 Å². The van der Waals surface area contributed by atoms with E-state index in [1.165, 1.54) is 16.0 Å². The first-order chi connectivity index (χ1) is 13.9. The molecule has 3 rings (SSSR count). The quantitative estimate of drug-likeness (QED) is 0.646. The van der Waals surface area contributed by atoms with Gasteiger partial charge in [-0.15, -0.1) is 0 Å². The van der Waals surface area contributed by atoms with Crippen LogP contribution in [0, 0.1) is 5.92 Å². The maximum atomic E-state index is 13.2. The third kappa shape index (κ3) is 4.55. The predicted octanol–water partition coefficient (Wildman–Crippen LogP) is 4.25. The molecule has 5 nitrogen and oxygen atoms in total. The number of hydrogen-bond acceptors (Lipinski definition) is 3. The summed E-state index contributed by atoms with van der Waals surface area (Å²) in [6.45, 7) is 12.1. The molecule has 0 atom stereocenters. The van der Waals surface area contributed by atoms with Crippen molar-refractivity contribution in [2.45, 2.75) is 52.5 Å². The minimum atomic E-state index is -0.629. The van der Waals surface area contributed by atoms with Crippen LogP contribution in [0.5, 0.6) is 0 Å². The zero-order chi connectivity index (χ0) is 21.0. The fourth-order valence-electron chi connectivity index (χ4n) is 4.56. The molecule has 0 N–H and O–H groups in total. The van der Waals surface area contributed by atoms with Crippen molar-refractivity contribution in [3.63, 3.8) is 0 Å². The molecular weight excluding hydrogens is 362 g/mol. The Labute approximate surface area is 175 Å². The highest BCUT2D eigenvalue weighted by atomic mass is 16.2. The molecule has 0 radical (unpaired) electrons. The number of hydrogen-bond donors (Lipinski definition) is 0. The Bertz CT molecular complexity index is 749. The highest BCUT2D eigenvalue weighted by Crippen LogP contribution is 2.37. The van der Waals surface area contributed by atoms with Crippen LogP contribution in [-0.4, -0.2) is 64.9 Å². The second-order valence-electron chi connectivity index (χ2n) is 8.88. The number of rotatable bonds is 7. The van der Waals surface area contributed by atoms with Crippen LogP contribution < -0.4 is 0 Å². The van der Waals surface area contributed by atoms with Gasteiger partial charge in [-0.3, -0.25) is 14.6 Å². The van der Waals surface area contributed by atoms with Crippen molar-refractivity contribution in [1.29, 1.82) is 0 Å². The molecule has 1 spiro atoms. The maximum absolute atomic E-state index is 13.2. The zero-order valence-electron chi connectivity index (χ0n) is 18.4. The zero-order valence-corrected chi connectivity index (χ0v) is 18.4. The smallest absolute Gasteiger partial charge is 0.309 e. The van der Waals surface area contributed by atoms with Gasteiger partial charge in [-0.05, 0) is 44.6 Å². The largest absolute Gasteiger partial charge is 0.327 e. The van der Waals surface area contributed by atoms with E-state index in [2.05, 4.69) is 56.0 Å². The molecule has 0 aliphatic carbocycles. The van der Waals surface area contributed by atoms with Gasteiger partial charge in [0.15, 0.2) is 0 Å². The van der Waals surface area contributed by atoms with E-state index in [-0.39, 0.29) is 11.9 Å². The number of likely N-dealkylation sites (N-methyl/N-ethyl adjacent to an activating group) is 1. The summed E-state index contributed by atoms with van der Waals surface area (Å²) in [7, 11) is 0. The molecule has 0 unspecified atom stereocenters. The number of carbonyl (C=O) groups excluding carboxylic acids is 2. The minimum Gasteiger partial charge on any atom is -0.309 e. The van der Waals surface area contributed by atoms with Crippen molar-refractivity contribution in [2.75, 3.05) is 32.7 Å². The fraction of sp³-hybridized carbons (Fsp3) is 0.583. The molecule has 0 aromatic heterocycles. The van der Waals surface area contributed by atoms with E-state index in [1.807, 2.05) is 17.9 Å². The highest BCUT2D eigenvalue weighted by Gasteiger charge is 2.57. The Balaban J connectivity index is 1.68. The fourth-order valence-corrected chi connectivity index (χ4v) is 4.56. The van der Waals surface area contributed by atoms with E-state index >= 15 is 0 Å². The first kappa shape index (κ1) is 21.6. The molecule has 0 bridgehead atoms. The molecular formula is C24H35N3O2. The molecule has 3 amide bonds. The predicted molar refractivity (Wildman–Crippen MR) is 117 cm³/mol. The Hall–Kier alpha value is -2.14. The van der Waals surface area contributed by atoms with E-state index in [1.54, 1.807) is 0 Å². The van der Waals surface area contributed by atoms with Gasteiger partial charge in [0.1, 0.15) is 5.54 Å². The average molecular weight is 398 g/mol. The molecule has 2 saturated heterocycles. The van der Waals surface area contributed by atoms with Gasteiger partial charge in [0, 0.05) is 32.7 Å². The maximum Gasteiger partial charge on any atom is 0.327 e. The summed E-state index contributed by atoms with van der Waals surface area (Å²) < 4.78 is 0. The monoisotopic (exact) mass is 397 g/mol. The number of benzene rings is 1. The summed E-state index contributed by atoms with van der Waals surface area (Å²) in [5, 5.41) is 0. The molecule has 1 aromatic rings.